The van der Waals surface area contributed by atoms with Crippen LogP contribution in [0.5, 0.6) is 0 Å². The van der Waals surface area contributed by atoms with E-state index < -0.39 is 11.9 Å². The van der Waals surface area contributed by atoms with Crippen molar-refractivity contribution in [1.82, 2.24) is 4.90 Å². The number of rotatable bonds is 4. The molecule has 0 aromatic heterocycles. The highest BCUT2D eigenvalue weighted by atomic mass is 32.2. The number of primary amides is 1. The van der Waals surface area contributed by atoms with Crippen LogP contribution in [0.15, 0.2) is 35.2 Å². The van der Waals surface area contributed by atoms with Crippen LogP contribution in [0, 0.1) is 0 Å². The van der Waals surface area contributed by atoms with Crippen molar-refractivity contribution < 1.29 is 9.59 Å². The third-order valence-corrected chi connectivity index (χ3v) is 4.25. The number of amides is 2. The van der Waals surface area contributed by atoms with Gasteiger partial charge in [0.15, 0.2) is 0 Å². The van der Waals surface area contributed by atoms with Crippen molar-refractivity contribution in [3.63, 3.8) is 0 Å². The van der Waals surface area contributed by atoms with Gasteiger partial charge in [-0.3, -0.25) is 9.59 Å². The minimum absolute atomic E-state index is 0.00245. The van der Waals surface area contributed by atoms with Crippen LogP contribution in [0.4, 0.5) is 0 Å². The highest BCUT2D eigenvalue weighted by Crippen LogP contribution is 2.21. The molecule has 102 valence electrons. The van der Waals surface area contributed by atoms with Crippen molar-refractivity contribution in [2.24, 2.45) is 5.73 Å². The zero-order valence-electron chi connectivity index (χ0n) is 10.7. The van der Waals surface area contributed by atoms with Crippen LogP contribution in [-0.4, -0.2) is 35.1 Å². The summed E-state index contributed by atoms with van der Waals surface area (Å²) < 4.78 is 0. The number of piperidine rings is 1. The van der Waals surface area contributed by atoms with E-state index in [0.717, 1.165) is 17.7 Å². The van der Waals surface area contributed by atoms with Gasteiger partial charge in [0.1, 0.15) is 6.04 Å². The summed E-state index contributed by atoms with van der Waals surface area (Å²) in [4.78, 5) is 26.2. The molecule has 1 aromatic carbocycles. The summed E-state index contributed by atoms with van der Waals surface area (Å²) in [6.45, 7) is 0.641. The minimum Gasteiger partial charge on any atom is -0.368 e. The summed E-state index contributed by atoms with van der Waals surface area (Å²) in [5, 5.41) is 0. The standard InChI is InChI=1S/C14H18N2O2S/c15-14(18)12-8-4-5-9-16(12)13(17)10-19-11-6-2-1-3-7-11/h1-3,6-7,12H,4-5,8-10H2,(H2,15,18)/t12-/m1/s1. The molecule has 2 rings (SSSR count). The number of carbonyl (C=O) groups excluding carboxylic acids is 2. The van der Waals surface area contributed by atoms with Crippen molar-refractivity contribution in [1.29, 1.82) is 0 Å². The van der Waals surface area contributed by atoms with E-state index in [0.29, 0.717) is 18.7 Å². The van der Waals surface area contributed by atoms with Gasteiger partial charge in [-0.15, -0.1) is 11.8 Å². The summed E-state index contributed by atoms with van der Waals surface area (Å²) in [5.74, 6) is -0.0385. The van der Waals surface area contributed by atoms with Gasteiger partial charge in [0.2, 0.25) is 11.8 Å². The van der Waals surface area contributed by atoms with E-state index in [1.165, 1.54) is 11.8 Å². The number of nitrogens with two attached hydrogens (primary N) is 1. The quantitative estimate of drug-likeness (QED) is 0.852. The van der Waals surface area contributed by atoms with Gasteiger partial charge in [-0.2, -0.15) is 0 Å². The molecule has 1 fully saturated rings. The Morgan fingerprint density at radius 2 is 2.00 bits per heavy atom. The number of thioether (sulfide) groups is 1. The van der Waals surface area contributed by atoms with E-state index in [1.54, 1.807) is 4.90 Å². The molecule has 2 N–H and O–H groups in total. The molecule has 4 nitrogen and oxygen atoms in total. The Morgan fingerprint density at radius 1 is 1.26 bits per heavy atom. The average Bonchev–Trinajstić information content (AvgIpc) is 2.46. The average molecular weight is 278 g/mol. The van der Waals surface area contributed by atoms with Gasteiger partial charge in [0.25, 0.3) is 0 Å². The SMILES string of the molecule is NC(=O)[C@H]1CCCCN1C(=O)CSc1ccccc1. The minimum atomic E-state index is -0.419. The Kier molecular flexibility index (Phi) is 4.85. The first kappa shape index (κ1) is 13.9. The zero-order valence-corrected chi connectivity index (χ0v) is 11.6. The topological polar surface area (TPSA) is 63.4 Å². The van der Waals surface area contributed by atoms with E-state index in [2.05, 4.69) is 0 Å². The van der Waals surface area contributed by atoms with Crippen molar-refractivity contribution >= 4 is 23.6 Å². The third kappa shape index (κ3) is 3.73. The Labute approximate surface area is 117 Å². The van der Waals surface area contributed by atoms with Crippen LogP contribution in [0.3, 0.4) is 0 Å². The van der Waals surface area contributed by atoms with Gasteiger partial charge < -0.3 is 10.6 Å². The number of likely N-dealkylation sites (tertiary alicyclic amines) is 1. The number of hydrogen-bond donors (Lipinski definition) is 1. The zero-order chi connectivity index (χ0) is 13.7. The second-order valence-corrected chi connectivity index (χ2v) is 5.65. The lowest BCUT2D eigenvalue weighted by Gasteiger charge is -2.33. The number of nitrogens with zero attached hydrogens (tertiary/aromatic N) is 1. The second-order valence-electron chi connectivity index (χ2n) is 4.60. The monoisotopic (exact) mass is 278 g/mol. The van der Waals surface area contributed by atoms with E-state index >= 15 is 0 Å². The summed E-state index contributed by atoms with van der Waals surface area (Å²) in [6, 6.07) is 9.36. The summed E-state index contributed by atoms with van der Waals surface area (Å²) in [5.41, 5.74) is 5.36. The van der Waals surface area contributed by atoms with Crippen molar-refractivity contribution in [2.75, 3.05) is 12.3 Å². The molecule has 1 heterocycles. The highest BCUT2D eigenvalue weighted by Gasteiger charge is 2.30. The van der Waals surface area contributed by atoms with Crippen molar-refractivity contribution in [3.05, 3.63) is 30.3 Å². The van der Waals surface area contributed by atoms with Gasteiger partial charge >= 0.3 is 0 Å². The lowest BCUT2D eigenvalue weighted by molar-refractivity contribution is -0.138. The fraction of sp³-hybridized carbons (Fsp3) is 0.429. The molecule has 5 heteroatoms. The van der Waals surface area contributed by atoms with Gasteiger partial charge in [-0.05, 0) is 31.4 Å². The Balaban J connectivity index is 1.93. The largest absolute Gasteiger partial charge is 0.368 e. The van der Waals surface area contributed by atoms with Crippen LogP contribution < -0.4 is 5.73 Å². The molecular formula is C14H18N2O2S. The molecule has 1 saturated heterocycles. The molecule has 0 bridgehead atoms. The molecule has 19 heavy (non-hydrogen) atoms. The maximum Gasteiger partial charge on any atom is 0.240 e. The molecule has 1 atom stereocenters. The van der Waals surface area contributed by atoms with Gasteiger partial charge in [0, 0.05) is 11.4 Å². The van der Waals surface area contributed by atoms with Gasteiger partial charge in [-0.25, -0.2) is 0 Å². The fourth-order valence-electron chi connectivity index (χ4n) is 2.27. The van der Waals surface area contributed by atoms with Crippen LogP contribution in [0.1, 0.15) is 19.3 Å². The number of hydrogen-bond acceptors (Lipinski definition) is 3. The lowest BCUT2D eigenvalue weighted by Crippen LogP contribution is -2.51. The maximum atomic E-state index is 12.2. The van der Waals surface area contributed by atoms with Crippen molar-refractivity contribution in [3.8, 4) is 0 Å². The molecular weight excluding hydrogens is 260 g/mol. The predicted molar refractivity (Wildman–Crippen MR) is 75.7 cm³/mol. The molecule has 0 saturated carbocycles. The Hall–Kier alpha value is -1.49. The molecule has 0 spiro atoms. The lowest BCUT2D eigenvalue weighted by atomic mass is 10.0. The van der Waals surface area contributed by atoms with Crippen molar-refractivity contribution in [2.45, 2.75) is 30.2 Å². The summed E-state index contributed by atoms with van der Waals surface area (Å²) in [7, 11) is 0. The molecule has 0 aliphatic carbocycles. The van der Waals surface area contributed by atoms with Crippen LogP contribution in [0.2, 0.25) is 0 Å². The van der Waals surface area contributed by atoms with E-state index in [1.807, 2.05) is 30.3 Å². The van der Waals surface area contributed by atoms with E-state index in [4.69, 9.17) is 5.73 Å². The van der Waals surface area contributed by atoms with Gasteiger partial charge in [-0.1, -0.05) is 18.2 Å². The van der Waals surface area contributed by atoms with E-state index in [-0.39, 0.29) is 5.91 Å². The highest BCUT2D eigenvalue weighted by molar-refractivity contribution is 8.00. The first-order valence-electron chi connectivity index (χ1n) is 6.45. The van der Waals surface area contributed by atoms with Crippen LogP contribution >= 0.6 is 11.8 Å². The first-order valence-corrected chi connectivity index (χ1v) is 7.43. The smallest absolute Gasteiger partial charge is 0.240 e. The maximum absolute atomic E-state index is 12.2. The third-order valence-electron chi connectivity index (χ3n) is 3.26. The molecule has 0 unspecified atom stereocenters. The van der Waals surface area contributed by atoms with E-state index in [9.17, 15) is 9.59 Å². The van der Waals surface area contributed by atoms with Gasteiger partial charge in [0.05, 0.1) is 5.75 Å². The van der Waals surface area contributed by atoms with Crippen LogP contribution in [0.25, 0.3) is 0 Å². The first-order chi connectivity index (χ1) is 9.18. The Morgan fingerprint density at radius 3 is 2.68 bits per heavy atom. The molecule has 2 amide bonds. The molecule has 1 aliphatic heterocycles. The normalized spacial score (nSPS) is 19.2. The van der Waals surface area contributed by atoms with Crippen LogP contribution in [-0.2, 0) is 9.59 Å². The molecule has 1 aliphatic rings. The number of carbonyl (C=O) groups is 2. The Bertz CT molecular complexity index is 450. The summed E-state index contributed by atoms with van der Waals surface area (Å²) in [6.07, 6.45) is 2.60. The second kappa shape index (κ2) is 6.61. The number of benzene rings is 1. The summed E-state index contributed by atoms with van der Waals surface area (Å²) >= 11 is 1.49. The molecule has 0 radical (unpaired) electrons. The predicted octanol–water partition coefficient (Wildman–Crippen LogP) is 1.65. The fourth-order valence-corrected chi connectivity index (χ4v) is 3.08. The molecule has 1 aromatic rings.